The van der Waals surface area contributed by atoms with Gasteiger partial charge in [-0.3, -0.25) is 9.69 Å². The molecule has 2 aromatic carbocycles. The van der Waals surface area contributed by atoms with Crippen LogP contribution in [0, 0.1) is 5.82 Å². The highest BCUT2D eigenvalue weighted by Gasteiger charge is 2.21. The number of nitrogens with one attached hydrogen (secondary N) is 1. The lowest BCUT2D eigenvalue weighted by molar-refractivity contribution is -0.122. The predicted octanol–water partition coefficient (Wildman–Crippen LogP) is 2.56. The van der Waals surface area contributed by atoms with Crippen molar-refractivity contribution in [2.75, 3.05) is 33.9 Å². The van der Waals surface area contributed by atoms with Crippen LogP contribution in [0.2, 0.25) is 0 Å². The first-order valence-corrected chi connectivity index (χ1v) is 9.07. The summed E-state index contributed by atoms with van der Waals surface area (Å²) in [5.41, 5.74) is 2.99. The smallest absolute Gasteiger partial charge is 0.234 e. The van der Waals surface area contributed by atoms with Gasteiger partial charge in [0.25, 0.3) is 0 Å². The minimum Gasteiger partial charge on any atom is -0.493 e. The Morgan fingerprint density at radius 1 is 1.15 bits per heavy atom. The first kappa shape index (κ1) is 19.2. The largest absolute Gasteiger partial charge is 0.493 e. The van der Waals surface area contributed by atoms with E-state index in [0.29, 0.717) is 37.4 Å². The summed E-state index contributed by atoms with van der Waals surface area (Å²) in [6, 6.07) is 10.6. The third kappa shape index (κ3) is 4.77. The van der Waals surface area contributed by atoms with E-state index < -0.39 is 0 Å². The Bertz CT molecular complexity index is 810. The van der Waals surface area contributed by atoms with E-state index >= 15 is 0 Å². The second kappa shape index (κ2) is 8.86. The second-order valence-corrected chi connectivity index (χ2v) is 6.63. The van der Waals surface area contributed by atoms with Crippen LogP contribution in [-0.4, -0.2) is 44.7 Å². The van der Waals surface area contributed by atoms with Crippen LogP contribution < -0.4 is 14.8 Å². The lowest BCUT2D eigenvalue weighted by Gasteiger charge is -2.29. The van der Waals surface area contributed by atoms with Gasteiger partial charge < -0.3 is 14.8 Å². The molecule has 1 aliphatic heterocycles. The summed E-state index contributed by atoms with van der Waals surface area (Å²) in [6.07, 6.45) is 1.34. The van der Waals surface area contributed by atoms with Crippen LogP contribution in [-0.2, 0) is 24.2 Å². The van der Waals surface area contributed by atoms with Crippen LogP contribution in [0.25, 0.3) is 0 Å². The average molecular weight is 372 g/mol. The lowest BCUT2D eigenvalue weighted by atomic mass is 9.99. The highest BCUT2D eigenvalue weighted by molar-refractivity contribution is 5.78. The third-order valence-electron chi connectivity index (χ3n) is 4.84. The molecule has 0 aromatic heterocycles. The van der Waals surface area contributed by atoms with Gasteiger partial charge in [-0.05, 0) is 47.7 Å². The van der Waals surface area contributed by atoms with Gasteiger partial charge in [-0.25, -0.2) is 4.39 Å². The molecule has 1 N–H and O–H groups in total. The van der Waals surface area contributed by atoms with Gasteiger partial charge in [-0.2, -0.15) is 0 Å². The van der Waals surface area contributed by atoms with Gasteiger partial charge >= 0.3 is 0 Å². The maximum atomic E-state index is 13.6. The summed E-state index contributed by atoms with van der Waals surface area (Å²) in [5, 5.41) is 2.88. The molecule has 0 unspecified atom stereocenters. The van der Waals surface area contributed by atoms with Crippen molar-refractivity contribution in [1.29, 1.82) is 0 Å². The van der Waals surface area contributed by atoms with Gasteiger partial charge in [0.05, 0.1) is 20.8 Å². The molecule has 6 heteroatoms. The fourth-order valence-corrected chi connectivity index (χ4v) is 3.37. The number of benzene rings is 2. The molecule has 0 fully saturated rings. The van der Waals surface area contributed by atoms with Crippen molar-refractivity contribution in [2.45, 2.75) is 19.4 Å². The first-order chi connectivity index (χ1) is 13.1. The Kier molecular flexibility index (Phi) is 6.29. The lowest BCUT2D eigenvalue weighted by Crippen LogP contribution is -2.40. The molecule has 0 atom stereocenters. The number of rotatable bonds is 7. The van der Waals surface area contributed by atoms with Gasteiger partial charge in [-0.1, -0.05) is 18.2 Å². The van der Waals surface area contributed by atoms with Gasteiger partial charge in [0, 0.05) is 19.6 Å². The highest BCUT2D eigenvalue weighted by atomic mass is 19.1. The van der Waals surface area contributed by atoms with Crippen molar-refractivity contribution in [2.24, 2.45) is 0 Å². The number of fused-ring (bicyclic) bond motifs is 1. The Morgan fingerprint density at radius 3 is 2.56 bits per heavy atom. The monoisotopic (exact) mass is 372 g/mol. The van der Waals surface area contributed by atoms with Crippen molar-refractivity contribution >= 4 is 5.91 Å². The number of amides is 1. The van der Waals surface area contributed by atoms with Crippen LogP contribution in [0.1, 0.15) is 16.7 Å². The summed E-state index contributed by atoms with van der Waals surface area (Å²) in [5.74, 6) is 1.15. The zero-order valence-corrected chi connectivity index (χ0v) is 15.8. The SMILES string of the molecule is COc1cc2c(cc1OC)CN(CC(=O)NCCc1ccccc1F)CC2. The molecule has 0 saturated carbocycles. The normalized spacial score (nSPS) is 13.7. The van der Waals surface area contributed by atoms with Crippen molar-refractivity contribution < 1.29 is 18.7 Å². The van der Waals surface area contributed by atoms with Crippen molar-refractivity contribution in [1.82, 2.24) is 10.2 Å². The van der Waals surface area contributed by atoms with E-state index in [0.717, 1.165) is 24.3 Å². The Labute approximate surface area is 159 Å². The van der Waals surface area contributed by atoms with Crippen molar-refractivity contribution in [3.05, 3.63) is 58.9 Å². The maximum Gasteiger partial charge on any atom is 0.234 e. The molecular weight excluding hydrogens is 347 g/mol. The summed E-state index contributed by atoms with van der Waals surface area (Å²) in [6.45, 7) is 2.25. The summed E-state index contributed by atoms with van der Waals surface area (Å²) < 4.78 is 24.3. The maximum absolute atomic E-state index is 13.6. The van der Waals surface area contributed by atoms with Crippen molar-refractivity contribution in [3.63, 3.8) is 0 Å². The standard InChI is InChI=1S/C21H25FN2O3/c1-26-19-11-16-8-10-24(13-17(16)12-20(19)27-2)14-21(25)23-9-7-15-5-3-4-6-18(15)22/h3-6,11-12H,7-10,13-14H2,1-2H3,(H,23,25). The van der Waals surface area contributed by atoms with E-state index in [4.69, 9.17) is 9.47 Å². The Hall–Kier alpha value is -2.60. The molecular formula is C21H25FN2O3. The molecule has 1 amide bonds. The number of carbonyl (C=O) groups is 1. The van der Waals surface area contributed by atoms with Crippen LogP contribution in [0.15, 0.2) is 36.4 Å². The zero-order chi connectivity index (χ0) is 19.2. The van der Waals surface area contributed by atoms with E-state index in [1.807, 2.05) is 12.1 Å². The van der Waals surface area contributed by atoms with Crippen LogP contribution in [0.5, 0.6) is 11.5 Å². The van der Waals surface area contributed by atoms with E-state index in [1.165, 1.54) is 11.6 Å². The fourth-order valence-electron chi connectivity index (χ4n) is 3.37. The quantitative estimate of drug-likeness (QED) is 0.812. The second-order valence-electron chi connectivity index (χ2n) is 6.63. The number of halogens is 1. The molecule has 27 heavy (non-hydrogen) atoms. The number of nitrogens with zero attached hydrogens (tertiary/aromatic N) is 1. The third-order valence-corrected chi connectivity index (χ3v) is 4.84. The number of carbonyl (C=O) groups excluding carboxylic acids is 1. The molecule has 0 aliphatic carbocycles. The number of hydrogen-bond acceptors (Lipinski definition) is 4. The van der Waals surface area contributed by atoms with Gasteiger partial charge in [0.1, 0.15) is 5.82 Å². The van der Waals surface area contributed by atoms with Gasteiger partial charge in [0.2, 0.25) is 5.91 Å². The summed E-state index contributed by atoms with van der Waals surface area (Å²) >= 11 is 0. The number of ether oxygens (including phenoxy) is 2. The molecule has 1 heterocycles. The Balaban J connectivity index is 1.52. The first-order valence-electron chi connectivity index (χ1n) is 9.07. The molecule has 2 aromatic rings. The number of methoxy groups -OCH3 is 2. The molecule has 5 nitrogen and oxygen atoms in total. The molecule has 0 saturated heterocycles. The van der Waals surface area contributed by atoms with Gasteiger partial charge in [0.15, 0.2) is 11.5 Å². The van der Waals surface area contributed by atoms with Crippen LogP contribution in [0.3, 0.4) is 0 Å². The van der Waals surface area contributed by atoms with Crippen LogP contribution in [0.4, 0.5) is 4.39 Å². The van der Waals surface area contributed by atoms with Gasteiger partial charge in [-0.15, -0.1) is 0 Å². The number of hydrogen-bond donors (Lipinski definition) is 1. The van der Waals surface area contributed by atoms with E-state index in [2.05, 4.69) is 10.2 Å². The minimum absolute atomic E-state index is 0.0461. The van der Waals surface area contributed by atoms with E-state index in [9.17, 15) is 9.18 Å². The molecule has 1 aliphatic rings. The van der Waals surface area contributed by atoms with E-state index in [-0.39, 0.29) is 11.7 Å². The molecule has 0 radical (unpaired) electrons. The molecule has 0 bridgehead atoms. The summed E-state index contributed by atoms with van der Waals surface area (Å²) in [7, 11) is 3.25. The van der Waals surface area contributed by atoms with E-state index in [1.54, 1.807) is 32.4 Å². The fraction of sp³-hybridized carbons (Fsp3) is 0.381. The average Bonchev–Trinajstić information content (AvgIpc) is 2.68. The zero-order valence-electron chi connectivity index (χ0n) is 15.8. The molecule has 144 valence electrons. The Morgan fingerprint density at radius 2 is 1.85 bits per heavy atom. The summed E-state index contributed by atoms with van der Waals surface area (Å²) in [4.78, 5) is 14.3. The minimum atomic E-state index is -0.233. The topological polar surface area (TPSA) is 50.8 Å². The predicted molar refractivity (Wildman–Crippen MR) is 102 cm³/mol. The molecule has 3 rings (SSSR count). The molecule has 0 spiro atoms. The van der Waals surface area contributed by atoms with Crippen LogP contribution >= 0.6 is 0 Å². The highest BCUT2D eigenvalue weighted by Crippen LogP contribution is 2.33. The van der Waals surface area contributed by atoms with Crippen molar-refractivity contribution in [3.8, 4) is 11.5 Å².